The van der Waals surface area contributed by atoms with E-state index in [-0.39, 0.29) is 0 Å². The van der Waals surface area contributed by atoms with E-state index >= 15 is 0 Å². The first-order valence-electron chi connectivity index (χ1n) is 6.86. The van der Waals surface area contributed by atoms with Crippen molar-refractivity contribution in [3.8, 4) is 5.75 Å². The zero-order chi connectivity index (χ0) is 13.8. The van der Waals surface area contributed by atoms with Gasteiger partial charge in [0.1, 0.15) is 6.61 Å². The van der Waals surface area contributed by atoms with Crippen LogP contribution in [0.2, 0.25) is 0 Å². The van der Waals surface area contributed by atoms with Crippen LogP contribution >= 0.6 is 0 Å². The van der Waals surface area contributed by atoms with Crippen LogP contribution in [-0.2, 0) is 19.6 Å². The predicted octanol–water partition coefficient (Wildman–Crippen LogP) is 2.82. The van der Waals surface area contributed by atoms with Gasteiger partial charge in [0.25, 0.3) is 0 Å². The molecule has 0 aliphatic rings. The summed E-state index contributed by atoms with van der Waals surface area (Å²) in [5.41, 5.74) is 2.22. The summed E-state index contributed by atoms with van der Waals surface area (Å²) in [6.45, 7) is 9.79. The van der Waals surface area contributed by atoms with Crippen LogP contribution in [0, 0.1) is 0 Å². The van der Waals surface area contributed by atoms with Gasteiger partial charge >= 0.3 is 0 Å². The van der Waals surface area contributed by atoms with Crippen molar-refractivity contribution in [2.45, 2.75) is 53.3 Å². The third-order valence-electron chi connectivity index (χ3n) is 3.07. The standard InChI is InChI=1S/C14H22N4O/c1-5-12-7-13(17(6-2)16-12)10-19-14-8-15-18(9-14)11(3)4/h7-9,11H,5-6,10H2,1-4H3. The Morgan fingerprint density at radius 3 is 2.68 bits per heavy atom. The molecule has 2 rings (SSSR count). The average Bonchev–Trinajstić information content (AvgIpc) is 3.02. The summed E-state index contributed by atoms with van der Waals surface area (Å²) >= 11 is 0. The molecule has 0 atom stereocenters. The van der Waals surface area contributed by atoms with Crippen LogP contribution in [-0.4, -0.2) is 19.6 Å². The van der Waals surface area contributed by atoms with E-state index in [2.05, 4.69) is 44.0 Å². The fourth-order valence-electron chi connectivity index (χ4n) is 1.91. The molecule has 2 heterocycles. The van der Waals surface area contributed by atoms with Crippen LogP contribution in [0.15, 0.2) is 18.5 Å². The smallest absolute Gasteiger partial charge is 0.157 e. The molecule has 0 fully saturated rings. The van der Waals surface area contributed by atoms with Crippen molar-refractivity contribution in [1.82, 2.24) is 19.6 Å². The molecular weight excluding hydrogens is 240 g/mol. The van der Waals surface area contributed by atoms with E-state index in [0.717, 1.165) is 30.1 Å². The van der Waals surface area contributed by atoms with Crippen molar-refractivity contribution in [2.24, 2.45) is 0 Å². The highest BCUT2D eigenvalue weighted by Crippen LogP contribution is 2.15. The third-order valence-corrected chi connectivity index (χ3v) is 3.07. The average molecular weight is 262 g/mol. The molecule has 0 aromatic carbocycles. The molecule has 0 bridgehead atoms. The summed E-state index contributed by atoms with van der Waals surface area (Å²) in [6, 6.07) is 2.46. The highest BCUT2D eigenvalue weighted by molar-refractivity contribution is 5.15. The second-order valence-corrected chi connectivity index (χ2v) is 4.83. The van der Waals surface area contributed by atoms with E-state index in [1.807, 2.05) is 15.6 Å². The Morgan fingerprint density at radius 2 is 2.11 bits per heavy atom. The predicted molar refractivity (Wildman–Crippen MR) is 74.2 cm³/mol. The lowest BCUT2D eigenvalue weighted by Crippen LogP contribution is -2.06. The van der Waals surface area contributed by atoms with E-state index < -0.39 is 0 Å². The largest absolute Gasteiger partial charge is 0.484 e. The fourth-order valence-corrected chi connectivity index (χ4v) is 1.91. The minimum absolute atomic E-state index is 0.352. The second-order valence-electron chi connectivity index (χ2n) is 4.83. The zero-order valence-corrected chi connectivity index (χ0v) is 12.1. The highest BCUT2D eigenvalue weighted by Gasteiger charge is 2.08. The first-order valence-corrected chi connectivity index (χ1v) is 6.86. The number of aryl methyl sites for hydroxylation is 2. The van der Waals surface area contributed by atoms with Crippen molar-refractivity contribution >= 4 is 0 Å². The number of nitrogens with zero attached hydrogens (tertiary/aromatic N) is 4. The molecule has 0 amide bonds. The topological polar surface area (TPSA) is 44.9 Å². The lowest BCUT2D eigenvalue weighted by Gasteiger charge is -2.06. The molecular formula is C14H22N4O. The van der Waals surface area contributed by atoms with Gasteiger partial charge in [-0.3, -0.25) is 9.36 Å². The van der Waals surface area contributed by atoms with Crippen LogP contribution in [0.4, 0.5) is 0 Å². The van der Waals surface area contributed by atoms with Crippen molar-refractivity contribution in [1.29, 1.82) is 0 Å². The minimum atomic E-state index is 0.352. The maximum atomic E-state index is 5.78. The summed E-state index contributed by atoms with van der Waals surface area (Å²) in [4.78, 5) is 0. The number of aromatic nitrogens is 4. The Labute approximate surface area is 114 Å². The minimum Gasteiger partial charge on any atom is -0.484 e. The molecule has 0 aliphatic carbocycles. The highest BCUT2D eigenvalue weighted by atomic mass is 16.5. The van der Waals surface area contributed by atoms with E-state index in [1.165, 1.54) is 0 Å². The van der Waals surface area contributed by atoms with Gasteiger partial charge in [0.05, 0.1) is 23.8 Å². The number of ether oxygens (including phenoxy) is 1. The molecule has 0 N–H and O–H groups in total. The Bertz CT molecular complexity index is 527. The van der Waals surface area contributed by atoms with Crippen LogP contribution < -0.4 is 4.74 Å². The normalized spacial score (nSPS) is 11.2. The van der Waals surface area contributed by atoms with Gasteiger partial charge in [-0.15, -0.1) is 0 Å². The maximum absolute atomic E-state index is 5.78. The van der Waals surface area contributed by atoms with Crippen molar-refractivity contribution in [2.75, 3.05) is 0 Å². The zero-order valence-electron chi connectivity index (χ0n) is 12.1. The fraction of sp³-hybridized carbons (Fsp3) is 0.571. The van der Waals surface area contributed by atoms with Gasteiger partial charge in [0.2, 0.25) is 0 Å². The van der Waals surface area contributed by atoms with Crippen molar-refractivity contribution in [3.05, 3.63) is 29.8 Å². The Morgan fingerprint density at radius 1 is 1.32 bits per heavy atom. The van der Waals surface area contributed by atoms with E-state index in [0.29, 0.717) is 12.6 Å². The van der Waals surface area contributed by atoms with Gasteiger partial charge in [-0.1, -0.05) is 6.92 Å². The number of rotatable bonds is 6. The van der Waals surface area contributed by atoms with Crippen LogP contribution in [0.25, 0.3) is 0 Å². The molecule has 5 nitrogen and oxygen atoms in total. The molecule has 19 heavy (non-hydrogen) atoms. The molecule has 0 saturated heterocycles. The number of hydrogen-bond acceptors (Lipinski definition) is 3. The Hall–Kier alpha value is -1.78. The third kappa shape index (κ3) is 3.16. The maximum Gasteiger partial charge on any atom is 0.157 e. The molecule has 104 valence electrons. The SMILES string of the molecule is CCc1cc(COc2cnn(C(C)C)c2)n(CC)n1. The van der Waals surface area contributed by atoms with Gasteiger partial charge in [-0.2, -0.15) is 10.2 Å². The first kappa shape index (κ1) is 13.6. The summed E-state index contributed by atoms with van der Waals surface area (Å²) in [5.74, 6) is 0.801. The van der Waals surface area contributed by atoms with Gasteiger partial charge in [-0.05, 0) is 33.3 Å². The number of hydrogen-bond donors (Lipinski definition) is 0. The van der Waals surface area contributed by atoms with E-state index in [9.17, 15) is 0 Å². The lowest BCUT2D eigenvalue weighted by molar-refractivity contribution is 0.292. The monoisotopic (exact) mass is 262 g/mol. The molecule has 5 heteroatoms. The molecule has 0 unspecified atom stereocenters. The van der Waals surface area contributed by atoms with Gasteiger partial charge in [0, 0.05) is 12.6 Å². The van der Waals surface area contributed by atoms with Crippen LogP contribution in [0.1, 0.15) is 45.1 Å². The summed E-state index contributed by atoms with van der Waals surface area (Å²) < 4.78 is 9.66. The van der Waals surface area contributed by atoms with Crippen molar-refractivity contribution in [3.63, 3.8) is 0 Å². The van der Waals surface area contributed by atoms with E-state index in [4.69, 9.17) is 4.74 Å². The molecule has 0 aliphatic heterocycles. The van der Waals surface area contributed by atoms with Gasteiger partial charge in [0.15, 0.2) is 5.75 Å². The second kappa shape index (κ2) is 5.91. The van der Waals surface area contributed by atoms with Crippen LogP contribution in [0.5, 0.6) is 5.75 Å². The quantitative estimate of drug-likeness (QED) is 0.804. The van der Waals surface area contributed by atoms with E-state index in [1.54, 1.807) is 6.20 Å². The van der Waals surface area contributed by atoms with Gasteiger partial charge in [-0.25, -0.2) is 0 Å². The van der Waals surface area contributed by atoms with Crippen molar-refractivity contribution < 1.29 is 4.74 Å². The lowest BCUT2D eigenvalue weighted by atomic mass is 10.3. The summed E-state index contributed by atoms with van der Waals surface area (Å²) in [6.07, 6.45) is 4.64. The summed E-state index contributed by atoms with van der Waals surface area (Å²) in [5, 5.41) is 8.77. The van der Waals surface area contributed by atoms with Gasteiger partial charge < -0.3 is 4.74 Å². The van der Waals surface area contributed by atoms with Crippen LogP contribution in [0.3, 0.4) is 0 Å². The molecule has 2 aromatic rings. The molecule has 0 radical (unpaired) electrons. The molecule has 0 saturated carbocycles. The Balaban J connectivity index is 2.03. The molecule has 0 spiro atoms. The first-order chi connectivity index (χ1) is 9.13. The summed E-state index contributed by atoms with van der Waals surface area (Å²) in [7, 11) is 0. The Kier molecular flexibility index (Phi) is 4.24. The molecule has 2 aromatic heterocycles.